The number of esters is 1. The molecule has 128 valence electrons. The van der Waals surface area contributed by atoms with E-state index < -0.39 is 0 Å². The molecule has 0 unspecified atom stereocenters. The molecule has 0 aliphatic carbocycles. The zero-order valence-corrected chi connectivity index (χ0v) is 13.9. The molecule has 0 radical (unpaired) electrons. The monoisotopic (exact) mass is 331 g/mol. The molecule has 0 bridgehead atoms. The lowest BCUT2D eigenvalue weighted by atomic mass is 9.99. The predicted molar refractivity (Wildman–Crippen MR) is 91.3 cm³/mol. The molecular weight excluding hydrogens is 309 g/mol. The van der Waals surface area contributed by atoms with E-state index >= 15 is 0 Å². The van der Waals surface area contributed by atoms with Gasteiger partial charge in [0.1, 0.15) is 11.6 Å². The van der Waals surface area contributed by atoms with Gasteiger partial charge in [0.15, 0.2) is 0 Å². The van der Waals surface area contributed by atoms with E-state index in [-0.39, 0.29) is 24.2 Å². The largest absolute Gasteiger partial charge is 0.496 e. The van der Waals surface area contributed by atoms with Crippen LogP contribution in [0.25, 0.3) is 11.1 Å². The third kappa shape index (κ3) is 4.80. The molecule has 0 heterocycles. The fraction of sp³-hybridized carbons (Fsp3) is 0.316. The molecule has 0 aliphatic heterocycles. The molecule has 2 rings (SSSR count). The summed E-state index contributed by atoms with van der Waals surface area (Å²) in [4.78, 5) is 11.4. The first kappa shape index (κ1) is 17.9. The lowest BCUT2D eigenvalue weighted by Crippen LogP contribution is -2.27. The highest BCUT2D eigenvalue weighted by Crippen LogP contribution is 2.30. The molecule has 2 aromatic rings. The van der Waals surface area contributed by atoms with E-state index in [9.17, 15) is 9.18 Å². The summed E-state index contributed by atoms with van der Waals surface area (Å²) in [5, 5.41) is 0. The van der Waals surface area contributed by atoms with Crippen molar-refractivity contribution >= 4 is 5.97 Å². The van der Waals surface area contributed by atoms with E-state index in [4.69, 9.17) is 15.2 Å². The normalized spacial score (nSPS) is 11.8. The highest BCUT2D eigenvalue weighted by molar-refractivity contribution is 5.71. The Hall–Kier alpha value is -2.40. The molecule has 0 spiro atoms. The van der Waals surface area contributed by atoms with Crippen molar-refractivity contribution in [2.45, 2.75) is 25.8 Å². The van der Waals surface area contributed by atoms with Gasteiger partial charge < -0.3 is 15.2 Å². The number of benzene rings is 2. The summed E-state index contributed by atoms with van der Waals surface area (Å²) in [7, 11) is 1.56. The van der Waals surface area contributed by atoms with Crippen LogP contribution in [-0.4, -0.2) is 25.7 Å². The summed E-state index contributed by atoms with van der Waals surface area (Å²) in [5.41, 5.74) is 8.54. The summed E-state index contributed by atoms with van der Waals surface area (Å²) in [6.07, 6.45) is 0.757. The molecule has 0 aliphatic rings. The highest BCUT2D eigenvalue weighted by atomic mass is 19.1. The van der Waals surface area contributed by atoms with Gasteiger partial charge in [-0.3, -0.25) is 4.79 Å². The Morgan fingerprint density at radius 2 is 1.92 bits per heavy atom. The number of hydrogen-bond acceptors (Lipinski definition) is 4. The van der Waals surface area contributed by atoms with Gasteiger partial charge in [-0.05, 0) is 42.7 Å². The minimum absolute atomic E-state index is 0.188. The first-order chi connectivity index (χ1) is 11.5. The van der Waals surface area contributed by atoms with E-state index in [0.29, 0.717) is 24.3 Å². The van der Waals surface area contributed by atoms with Gasteiger partial charge in [0.25, 0.3) is 0 Å². The van der Waals surface area contributed by atoms with Gasteiger partial charge in [0, 0.05) is 11.6 Å². The minimum Gasteiger partial charge on any atom is -0.496 e. The van der Waals surface area contributed by atoms with Crippen molar-refractivity contribution in [3.63, 3.8) is 0 Å². The second kappa shape index (κ2) is 8.45. The van der Waals surface area contributed by atoms with Crippen molar-refractivity contribution < 1.29 is 18.7 Å². The fourth-order valence-corrected chi connectivity index (χ4v) is 2.54. The van der Waals surface area contributed by atoms with Gasteiger partial charge in [-0.2, -0.15) is 0 Å². The summed E-state index contributed by atoms with van der Waals surface area (Å²) in [5.74, 6) is 0.0145. The lowest BCUT2D eigenvalue weighted by Gasteiger charge is -2.12. The number of halogens is 1. The molecule has 1 atom stereocenters. The Morgan fingerprint density at radius 3 is 2.54 bits per heavy atom. The first-order valence-electron chi connectivity index (χ1n) is 7.87. The van der Waals surface area contributed by atoms with Crippen LogP contribution in [0.3, 0.4) is 0 Å². The van der Waals surface area contributed by atoms with Gasteiger partial charge in [-0.1, -0.05) is 24.3 Å². The van der Waals surface area contributed by atoms with Crippen LogP contribution in [-0.2, 0) is 16.0 Å². The Labute approximate surface area is 141 Å². The van der Waals surface area contributed by atoms with Crippen LogP contribution < -0.4 is 10.5 Å². The fourth-order valence-electron chi connectivity index (χ4n) is 2.54. The van der Waals surface area contributed by atoms with E-state index in [0.717, 1.165) is 11.1 Å². The van der Waals surface area contributed by atoms with Crippen molar-refractivity contribution in [3.8, 4) is 16.9 Å². The summed E-state index contributed by atoms with van der Waals surface area (Å²) >= 11 is 0. The topological polar surface area (TPSA) is 61.5 Å². The van der Waals surface area contributed by atoms with Crippen LogP contribution in [0, 0.1) is 5.82 Å². The van der Waals surface area contributed by atoms with Crippen molar-refractivity contribution in [2.75, 3.05) is 13.7 Å². The molecule has 0 amide bonds. The Bertz CT molecular complexity index is 686. The SMILES string of the molecule is CCOC(=O)C[C@H](N)Cc1ccc(-c2cc(F)ccc2OC)cc1. The van der Waals surface area contributed by atoms with E-state index in [1.165, 1.54) is 12.1 Å². The Morgan fingerprint density at radius 1 is 1.21 bits per heavy atom. The summed E-state index contributed by atoms with van der Waals surface area (Å²) in [6.45, 7) is 2.12. The van der Waals surface area contributed by atoms with Crippen molar-refractivity contribution in [3.05, 3.63) is 53.8 Å². The summed E-state index contributed by atoms with van der Waals surface area (Å²) in [6, 6.07) is 11.8. The molecular formula is C19H22FNO3. The standard InChI is InChI=1S/C19H22FNO3/c1-3-24-19(22)12-16(21)10-13-4-6-14(7-5-13)17-11-15(20)8-9-18(17)23-2/h4-9,11,16H,3,10,12,21H2,1-2H3/t16-/m1/s1. The average molecular weight is 331 g/mol. The van der Waals surface area contributed by atoms with E-state index in [2.05, 4.69) is 0 Å². The highest BCUT2D eigenvalue weighted by Gasteiger charge is 2.12. The molecule has 0 fully saturated rings. The smallest absolute Gasteiger partial charge is 0.307 e. The van der Waals surface area contributed by atoms with Gasteiger partial charge in [-0.15, -0.1) is 0 Å². The van der Waals surface area contributed by atoms with E-state index in [1.807, 2.05) is 24.3 Å². The number of carbonyl (C=O) groups is 1. The van der Waals surface area contributed by atoms with Crippen LogP contribution in [0.4, 0.5) is 4.39 Å². The number of rotatable bonds is 7. The van der Waals surface area contributed by atoms with Crippen LogP contribution in [0.5, 0.6) is 5.75 Å². The van der Waals surface area contributed by atoms with E-state index in [1.54, 1.807) is 20.1 Å². The second-order valence-corrected chi connectivity index (χ2v) is 5.51. The van der Waals surface area contributed by atoms with Crippen LogP contribution >= 0.6 is 0 Å². The molecule has 2 aromatic carbocycles. The number of carbonyl (C=O) groups excluding carboxylic acids is 1. The lowest BCUT2D eigenvalue weighted by molar-refractivity contribution is -0.143. The average Bonchev–Trinajstić information content (AvgIpc) is 2.55. The minimum atomic E-state index is -0.314. The van der Waals surface area contributed by atoms with Crippen molar-refractivity contribution in [1.29, 1.82) is 0 Å². The first-order valence-corrected chi connectivity index (χ1v) is 7.87. The molecule has 5 heteroatoms. The zero-order valence-electron chi connectivity index (χ0n) is 13.9. The van der Waals surface area contributed by atoms with Crippen molar-refractivity contribution in [2.24, 2.45) is 5.73 Å². The predicted octanol–water partition coefficient (Wildman–Crippen LogP) is 3.32. The number of ether oxygens (including phenoxy) is 2. The Kier molecular flexibility index (Phi) is 6.32. The van der Waals surface area contributed by atoms with Gasteiger partial charge in [0.2, 0.25) is 0 Å². The second-order valence-electron chi connectivity index (χ2n) is 5.51. The number of methoxy groups -OCH3 is 1. The quantitative estimate of drug-likeness (QED) is 0.791. The molecule has 0 saturated heterocycles. The molecule has 0 aromatic heterocycles. The molecule has 4 nitrogen and oxygen atoms in total. The van der Waals surface area contributed by atoms with Crippen LogP contribution in [0.2, 0.25) is 0 Å². The molecule has 24 heavy (non-hydrogen) atoms. The molecule has 2 N–H and O–H groups in total. The van der Waals surface area contributed by atoms with Gasteiger partial charge in [0.05, 0.1) is 20.1 Å². The maximum absolute atomic E-state index is 13.5. The number of hydrogen-bond donors (Lipinski definition) is 1. The van der Waals surface area contributed by atoms with Crippen LogP contribution in [0.15, 0.2) is 42.5 Å². The van der Waals surface area contributed by atoms with Crippen LogP contribution in [0.1, 0.15) is 18.9 Å². The van der Waals surface area contributed by atoms with Gasteiger partial charge in [-0.25, -0.2) is 4.39 Å². The van der Waals surface area contributed by atoms with Crippen molar-refractivity contribution in [1.82, 2.24) is 0 Å². The third-order valence-corrected chi connectivity index (χ3v) is 3.66. The Balaban J connectivity index is 2.08. The maximum Gasteiger partial charge on any atom is 0.307 e. The maximum atomic E-state index is 13.5. The van der Waals surface area contributed by atoms with Gasteiger partial charge >= 0.3 is 5.97 Å². The molecule has 0 saturated carbocycles. The number of nitrogens with two attached hydrogens (primary N) is 1. The summed E-state index contributed by atoms with van der Waals surface area (Å²) < 4.78 is 23.7. The zero-order chi connectivity index (χ0) is 17.5. The third-order valence-electron chi connectivity index (χ3n) is 3.66.